The number of rotatable bonds is 5. The van der Waals surface area contributed by atoms with E-state index in [1.54, 1.807) is 0 Å². The zero-order chi connectivity index (χ0) is 10.5. The van der Waals surface area contributed by atoms with E-state index < -0.39 is 0 Å². The second kappa shape index (κ2) is 5.86. The predicted octanol–water partition coefficient (Wildman–Crippen LogP) is 2.06. The molecule has 0 aromatic rings. The molecule has 87 valence electrons. The van der Waals surface area contributed by atoms with Gasteiger partial charge in [-0.15, -0.1) is 0 Å². The van der Waals surface area contributed by atoms with Gasteiger partial charge in [-0.25, -0.2) is 0 Å². The Kier molecular flexibility index (Phi) is 4.45. The normalized spacial score (nSPS) is 29.8. The Hall–Kier alpha value is -0.0800. The van der Waals surface area contributed by atoms with Gasteiger partial charge in [0.05, 0.1) is 0 Å². The molecule has 1 radical (unpaired) electrons. The van der Waals surface area contributed by atoms with E-state index in [9.17, 15) is 0 Å². The molecule has 15 heavy (non-hydrogen) atoms. The average molecular weight is 209 g/mol. The third-order valence-electron chi connectivity index (χ3n) is 4.05. The maximum atomic E-state index is 4.12. The molecular formula is C13H25N2. The van der Waals surface area contributed by atoms with Gasteiger partial charge in [0.15, 0.2) is 0 Å². The molecule has 0 aliphatic carbocycles. The molecule has 0 bridgehead atoms. The van der Waals surface area contributed by atoms with Crippen molar-refractivity contribution in [2.45, 2.75) is 44.6 Å². The van der Waals surface area contributed by atoms with Crippen molar-refractivity contribution in [1.82, 2.24) is 10.2 Å². The van der Waals surface area contributed by atoms with E-state index in [0.717, 1.165) is 18.4 Å². The summed E-state index contributed by atoms with van der Waals surface area (Å²) in [6.07, 6.45) is 8.02. The lowest BCUT2D eigenvalue weighted by Crippen LogP contribution is -2.33. The van der Waals surface area contributed by atoms with Gasteiger partial charge in [0.25, 0.3) is 0 Å². The number of nitrogens with one attached hydrogen (secondary N) is 1. The molecule has 1 N–H and O–H groups in total. The zero-order valence-corrected chi connectivity index (χ0v) is 9.88. The van der Waals surface area contributed by atoms with E-state index in [0.29, 0.717) is 0 Å². The Bertz CT molecular complexity index is 169. The topological polar surface area (TPSA) is 15.3 Å². The van der Waals surface area contributed by atoms with E-state index in [-0.39, 0.29) is 0 Å². The van der Waals surface area contributed by atoms with Crippen molar-refractivity contribution < 1.29 is 0 Å². The second-order valence-electron chi connectivity index (χ2n) is 5.09. The van der Waals surface area contributed by atoms with Gasteiger partial charge in [-0.1, -0.05) is 6.92 Å². The first kappa shape index (κ1) is 11.4. The Morgan fingerprint density at radius 1 is 1.27 bits per heavy atom. The molecule has 2 aliphatic rings. The summed E-state index contributed by atoms with van der Waals surface area (Å²) in [5.74, 6) is 0.813. The summed E-state index contributed by atoms with van der Waals surface area (Å²) < 4.78 is 0. The first-order valence-electron chi connectivity index (χ1n) is 6.65. The summed E-state index contributed by atoms with van der Waals surface area (Å²) in [6.45, 7) is 9.32. The van der Waals surface area contributed by atoms with Gasteiger partial charge in [0.1, 0.15) is 0 Å². The Morgan fingerprint density at radius 2 is 2.07 bits per heavy atom. The van der Waals surface area contributed by atoms with Crippen molar-refractivity contribution in [1.29, 1.82) is 0 Å². The molecule has 2 aliphatic heterocycles. The van der Waals surface area contributed by atoms with Gasteiger partial charge >= 0.3 is 0 Å². The fraction of sp³-hybridized carbons (Fsp3) is 0.923. The van der Waals surface area contributed by atoms with Crippen LogP contribution < -0.4 is 5.32 Å². The van der Waals surface area contributed by atoms with Crippen LogP contribution in [0.15, 0.2) is 0 Å². The molecule has 0 aromatic heterocycles. The van der Waals surface area contributed by atoms with E-state index in [2.05, 4.69) is 17.1 Å². The summed E-state index contributed by atoms with van der Waals surface area (Å²) in [6, 6.07) is 0.769. The summed E-state index contributed by atoms with van der Waals surface area (Å²) in [5, 5.41) is 3.62. The van der Waals surface area contributed by atoms with Crippen LogP contribution in [0.1, 0.15) is 38.5 Å². The van der Waals surface area contributed by atoms with Crippen LogP contribution >= 0.6 is 0 Å². The van der Waals surface area contributed by atoms with Crippen molar-refractivity contribution in [3.8, 4) is 0 Å². The van der Waals surface area contributed by atoms with Crippen molar-refractivity contribution in [2.75, 3.05) is 26.2 Å². The lowest BCUT2D eigenvalue weighted by molar-refractivity contribution is 0.275. The molecular weight excluding hydrogens is 184 g/mol. The molecule has 2 heterocycles. The highest BCUT2D eigenvalue weighted by atomic mass is 15.1. The zero-order valence-electron chi connectivity index (χ0n) is 9.88. The fourth-order valence-electron chi connectivity index (χ4n) is 3.02. The molecule has 2 rings (SSSR count). The smallest absolute Gasteiger partial charge is 0.00962 e. The largest absolute Gasteiger partial charge is 0.314 e. The molecule has 2 saturated heterocycles. The van der Waals surface area contributed by atoms with E-state index in [1.807, 2.05) is 0 Å². The number of hydrogen-bond acceptors (Lipinski definition) is 2. The molecule has 0 spiro atoms. The van der Waals surface area contributed by atoms with E-state index >= 15 is 0 Å². The Labute approximate surface area is 94.4 Å². The number of hydrogen-bond donors (Lipinski definition) is 1. The summed E-state index contributed by atoms with van der Waals surface area (Å²) in [7, 11) is 0. The second-order valence-corrected chi connectivity index (χ2v) is 5.09. The van der Waals surface area contributed by atoms with Gasteiger partial charge in [-0.3, -0.25) is 0 Å². The van der Waals surface area contributed by atoms with Gasteiger partial charge in [-0.05, 0) is 70.6 Å². The molecule has 2 atom stereocenters. The summed E-state index contributed by atoms with van der Waals surface area (Å²) in [5.41, 5.74) is 0. The molecule has 0 amide bonds. The first-order chi connectivity index (χ1) is 7.40. The number of nitrogens with zero attached hydrogens (tertiary/aromatic N) is 1. The molecule has 0 saturated carbocycles. The van der Waals surface area contributed by atoms with Crippen LogP contribution in [0.5, 0.6) is 0 Å². The highest BCUT2D eigenvalue weighted by Gasteiger charge is 2.23. The highest BCUT2D eigenvalue weighted by molar-refractivity contribution is 4.83. The highest BCUT2D eigenvalue weighted by Crippen LogP contribution is 2.22. The third kappa shape index (κ3) is 3.18. The van der Waals surface area contributed by atoms with Crippen LogP contribution in [0.3, 0.4) is 0 Å². The van der Waals surface area contributed by atoms with E-state index in [4.69, 9.17) is 0 Å². The molecule has 2 heteroatoms. The molecule has 2 fully saturated rings. The van der Waals surface area contributed by atoms with Crippen molar-refractivity contribution in [2.24, 2.45) is 5.92 Å². The summed E-state index contributed by atoms with van der Waals surface area (Å²) in [4.78, 5) is 2.62. The summed E-state index contributed by atoms with van der Waals surface area (Å²) >= 11 is 0. The maximum absolute atomic E-state index is 4.12. The lowest BCUT2D eigenvalue weighted by Gasteiger charge is -2.25. The van der Waals surface area contributed by atoms with Gasteiger partial charge in [0.2, 0.25) is 0 Å². The van der Waals surface area contributed by atoms with E-state index in [1.165, 1.54) is 58.3 Å². The van der Waals surface area contributed by atoms with Gasteiger partial charge < -0.3 is 10.2 Å². The van der Waals surface area contributed by atoms with Crippen molar-refractivity contribution in [3.05, 3.63) is 6.92 Å². The Morgan fingerprint density at radius 3 is 2.67 bits per heavy atom. The molecule has 2 unspecified atom stereocenters. The Balaban J connectivity index is 1.69. The maximum Gasteiger partial charge on any atom is 0.00962 e. The third-order valence-corrected chi connectivity index (χ3v) is 4.05. The van der Waals surface area contributed by atoms with Crippen LogP contribution in [0.25, 0.3) is 0 Å². The van der Waals surface area contributed by atoms with Crippen LogP contribution in [-0.4, -0.2) is 37.1 Å². The predicted molar refractivity (Wildman–Crippen MR) is 64.8 cm³/mol. The SMILES string of the molecule is [CH2]CC(CCN1CCCC1)C1CCCN1. The monoisotopic (exact) mass is 209 g/mol. The van der Waals surface area contributed by atoms with Crippen molar-refractivity contribution >= 4 is 0 Å². The number of likely N-dealkylation sites (tertiary alicyclic amines) is 1. The average Bonchev–Trinajstić information content (AvgIpc) is 2.90. The minimum absolute atomic E-state index is 0.769. The van der Waals surface area contributed by atoms with Gasteiger partial charge in [-0.2, -0.15) is 0 Å². The van der Waals surface area contributed by atoms with Crippen LogP contribution in [-0.2, 0) is 0 Å². The molecule has 2 nitrogen and oxygen atoms in total. The van der Waals surface area contributed by atoms with Crippen LogP contribution in [0, 0.1) is 12.8 Å². The minimum Gasteiger partial charge on any atom is -0.314 e. The van der Waals surface area contributed by atoms with Crippen LogP contribution in [0.4, 0.5) is 0 Å². The first-order valence-corrected chi connectivity index (χ1v) is 6.65. The van der Waals surface area contributed by atoms with Crippen LogP contribution in [0.2, 0.25) is 0 Å². The fourth-order valence-corrected chi connectivity index (χ4v) is 3.02. The van der Waals surface area contributed by atoms with Crippen molar-refractivity contribution in [3.63, 3.8) is 0 Å². The minimum atomic E-state index is 0.769. The molecule has 0 aromatic carbocycles. The quantitative estimate of drug-likeness (QED) is 0.745. The lowest BCUT2D eigenvalue weighted by atomic mass is 9.92. The van der Waals surface area contributed by atoms with Gasteiger partial charge in [0, 0.05) is 6.04 Å². The standard InChI is InChI=1S/C13H25N2/c1-2-12(13-6-5-8-14-13)7-11-15-9-3-4-10-15/h12-14H,1-11H2.